The van der Waals surface area contributed by atoms with Crippen LogP contribution in [0.25, 0.3) is 0 Å². The molecule has 0 spiro atoms. The largest absolute Gasteiger partial charge is 0.320 e. The third-order valence-electron chi connectivity index (χ3n) is 9.23. The lowest BCUT2D eigenvalue weighted by atomic mass is 10.1. The molecule has 5 heteroatoms. The first kappa shape index (κ1) is 47.3. The van der Waals surface area contributed by atoms with Crippen molar-refractivity contribution in [2.45, 2.75) is 193 Å². The molecule has 0 aliphatic rings. The van der Waals surface area contributed by atoms with Crippen LogP contribution in [-0.4, -0.2) is 55.6 Å². The van der Waals surface area contributed by atoms with Crippen LogP contribution in [0.2, 0.25) is 0 Å². The summed E-state index contributed by atoms with van der Waals surface area (Å²) in [5.74, 6) is -0.00932. The number of hydrogen-bond acceptors (Lipinski definition) is 4. The van der Waals surface area contributed by atoms with Crippen molar-refractivity contribution >= 4 is 5.91 Å². The molecular weight excluding hydrogens is 601 g/mol. The van der Waals surface area contributed by atoms with Crippen LogP contribution in [0.3, 0.4) is 0 Å². The summed E-state index contributed by atoms with van der Waals surface area (Å²) in [6.07, 6.45) is 51.6. The molecule has 0 aromatic carbocycles. The quantitative estimate of drug-likeness (QED) is 0.0388. The van der Waals surface area contributed by atoms with Gasteiger partial charge >= 0.3 is 0 Å². The molecule has 0 aromatic heterocycles. The third-order valence-corrected chi connectivity index (χ3v) is 9.23. The van der Waals surface area contributed by atoms with E-state index in [1.807, 2.05) is 0 Å². The number of nitrogens with two attached hydrogens (primary N) is 1. The summed E-state index contributed by atoms with van der Waals surface area (Å²) >= 11 is 0. The Morgan fingerprint density at radius 3 is 1.29 bits per heavy atom. The molecule has 0 rings (SSSR count). The molecule has 0 aromatic rings. The summed E-state index contributed by atoms with van der Waals surface area (Å²) in [4.78, 5) is 15.1. The molecule has 49 heavy (non-hydrogen) atoms. The second-order valence-electron chi connectivity index (χ2n) is 14.5. The highest BCUT2D eigenvalue weighted by Gasteiger charge is 2.16. The van der Waals surface area contributed by atoms with Crippen LogP contribution < -0.4 is 11.2 Å². The highest BCUT2D eigenvalue weighted by molar-refractivity contribution is 5.80. The van der Waals surface area contributed by atoms with Crippen LogP contribution in [0.5, 0.6) is 0 Å². The molecule has 286 valence electrons. The molecule has 0 saturated carbocycles. The molecule has 0 saturated heterocycles. The summed E-state index contributed by atoms with van der Waals surface area (Å²) in [6, 6.07) is -0.420. The summed E-state index contributed by atoms with van der Waals surface area (Å²) < 4.78 is 0. The van der Waals surface area contributed by atoms with Crippen LogP contribution in [0.1, 0.15) is 187 Å². The number of carbonyl (C=O) groups excluding carboxylic acids is 1. The Labute approximate surface area is 306 Å². The predicted molar refractivity (Wildman–Crippen MR) is 219 cm³/mol. The van der Waals surface area contributed by atoms with Crippen LogP contribution >= 0.6 is 0 Å². The van der Waals surface area contributed by atoms with Gasteiger partial charge in [0.15, 0.2) is 0 Å². The van der Waals surface area contributed by atoms with E-state index in [4.69, 9.17) is 5.73 Å². The maximum Gasteiger partial charge on any atom is 0.251 e. The molecule has 1 atom stereocenters. The molecule has 3 N–H and O–H groups in total. The zero-order chi connectivity index (χ0) is 35.9. The number of nitrogens with one attached hydrogen (secondary N) is 1. The zero-order valence-corrected chi connectivity index (χ0v) is 33.3. The minimum absolute atomic E-state index is 0.00932. The topological polar surface area (TPSA) is 61.6 Å². The second kappa shape index (κ2) is 39.1. The van der Waals surface area contributed by atoms with Crippen molar-refractivity contribution in [2.24, 2.45) is 5.73 Å². The lowest BCUT2D eigenvalue weighted by Crippen LogP contribution is -2.50. The van der Waals surface area contributed by atoms with Crippen LogP contribution in [-0.2, 0) is 4.79 Å². The van der Waals surface area contributed by atoms with Crippen molar-refractivity contribution < 1.29 is 4.79 Å². The van der Waals surface area contributed by atoms with Crippen molar-refractivity contribution in [1.82, 2.24) is 15.3 Å². The van der Waals surface area contributed by atoms with E-state index in [9.17, 15) is 4.79 Å². The number of hydrogen-bond donors (Lipinski definition) is 2. The van der Waals surface area contributed by atoms with E-state index in [-0.39, 0.29) is 5.91 Å². The van der Waals surface area contributed by atoms with Gasteiger partial charge in [-0.15, -0.1) is 0 Å². The summed E-state index contributed by atoms with van der Waals surface area (Å²) in [5, 5.41) is 2.17. The minimum atomic E-state index is -0.420. The minimum Gasteiger partial charge on any atom is -0.320 e. The van der Waals surface area contributed by atoms with Gasteiger partial charge in [-0.25, -0.2) is 5.01 Å². The molecule has 1 amide bonds. The van der Waals surface area contributed by atoms with Gasteiger partial charge in [0, 0.05) is 13.1 Å². The summed E-state index contributed by atoms with van der Waals surface area (Å²) in [6.45, 7) is 7.41. The van der Waals surface area contributed by atoms with Gasteiger partial charge in [0.1, 0.15) is 0 Å². The van der Waals surface area contributed by atoms with Gasteiger partial charge < -0.3 is 10.6 Å². The monoisotopic (exact) mass is 685 g/mol. The number of hydrazine groups is 1. The first-order chi connectivity index (χ1) is 24.0. The van der Waals surface area contributed by atoms with E-state index < -0.39 is 6.04 Å². The van der Waals surface area contributed by atoms with E-state index in [0.717, 1.165) is 64.6 Å². The Bertz CT molecular complexity index is 755. The lowest BCUT2D eigenvalue weighted by molar-refractivity contribution is -0.127. The van der Waals surface area contributed by atoms with E-state index in [0.29, 0.717) is 0 Å². The number of nitrogens with zero attached hydrogens (tertiary/aromatic N) is 2. The second-order valence-corrected chi connectivity index (χ2v) is 14.5. The first-order valence-electron chi connectivity index (χ1n) is 21.1. The Morgan fingerprint density at radius 1 is 0.510 bits per heavy atom. The molecule has 0 radical (unpaired) electrons. The number of allylic oxidation sites excluding steroid dienone is 8. The van der Waals surface area contributed by atoms with Gasteiger partial charge in [0.05, 0.1) is 6.04 Å². The zero-order valence-electron chi connectivity index (χ0n) is 33.3. The Kier molecular flexibility index (Phi) is 37.8. The molecule has 0 aliphatic carbocycles. The number of unbranched alkanes of at least 4 members (excludes halogenated alkanes) is 19. The summed E-state index contributed by atoms with van der Waals surface area (Å²) in [5.41, 5.74) is 9.50. The maximum absolute atomic E-state index is 12.9. The predicted octanol–water partition coefficient (Wildman–Crippen LogP) is 12.0. The Morgan fingerprint density at radius 2 is 0.878 bits per heavy atom. The lowest BCUT2D eigenvalue weighted by Gasteiger charge is -2.25. The van der Waals surface area contributed by atoms with Gasteiger partial charge in [0.25, 0.3) is 5.91 Å². The highest BCUT2D eigenvalue weighted by Crippen LogP contribution is 2.11. The van der Waals surface area contributed by atoms with Crippen LogP contribution in [0, 0.1) is 0 Å². The fraction of sp³-hybridized carbons (Fsp3) is 0.795. The van der Waals surface area contributed by atoms with Gasteiger partial charge in [-0.1, -0.05) is 146 Å². The first-order valence-corrected chi connectivity index (χ1v) is 21.1. The van der Waals surface area contributed by atoms with Crippen molar-refractivity contribution in [3.05, 3.63) is 48.6 Å². The number of carbonyl (C=O) groups is 1. The van der Waals surface area contributed by atoms with Gasteiger partial charge in [-0.05, 0) is 111 Å². The molecule has 0 fully saturated rings. The molecule has 0 bridgehead atoms. The molecule has 0 heterocycles. The van der Waals surface area contributed by atoms with Crippen LogP contribution in [0.4, 0.5) is 0 Å². The SMILES string of the molecule is CCCCC/C=C\C/C=C\CCCCCCCCN(CCCCCCCC/C=C\C/C=C\CCCCC)NC(=O)[C@@H](N)CCCCN(C)C. The fourth-order valence-corrected chi connectivity index (χ4v) is 5.97. The van der Waals surface area contributed by atoms with Crippen molar-refractivity contribution in [1.29, 1.82) is 0 Å². The van der Waals surface area contributed by atoms with Gasteiger partial charge in [-0.2, -0.15) is 0 Å². The van der Waals surface area contributed by atoms with E-state index in [2.05, 4.69) is 91.9 Å². The van der Waals surface area contributed by atoms with E-state index in [1.165, 1.54) is 128 Å². The molecule has 0 aliphatic heterocycles. The summed E-state index contributed by atoms with van der Waals surface area (Å²) in [7, 11) is 4.18. The Balaban J connectivity index is 4.21. The van der Waals surface area contributed by atoms with Crippen molar-refractivity contribution in [2.75, 3.05) is 33.7 Å². The third kappa shape index (κ3) is 37.4. The average molecular weight is 685 g/mol. The number of amides is 1. The smallest absolute Gasteiger partial charge is 0.251 e. The van der Waals surface area contributed by atoms with E-state index in [1.54, 1.807) is 0 Å². The van der Waals surface area contributed by atoms with Crippen LogP contribution in [0.15, 0.2) is 48.6 Å². The maximum atomic E-state index is 12.9. The van der Waals surface area contributed by atoms with Gasteiger partial charge in [-0.3, -0.25) is 10.2 Å². The molecule has 5 nitrogen and oxygen atoms in total. The standard InChI is InChI=1S/C44H84N4O/c1-5-7-9-11-13-15-17-19-21-23-25-27-29-31-33-36-41-48(46-44(49)43(45)39-35-38-40-47(3)4)42-37-34-32-30-28-26-24-22-20-18-16-14-12-10-8-6-2/h13-16,19-22,43H,5-12,17-18,23-42,45H2,1-4H3,(H,46,49)/b15-13-,16-14-,21-19-,22-20-/t43-/m0/s1. The Hall–Kier alpha value is -1.69. The van der Waals surface area contributed by atoms with Gasteiger partial charge in [0.2, 0.25) is 0 Å². The number of rotatable bonds is 37. The molecular formula is C44H84N4O. The average Bonchev–Trinajstić information content (AvgIpc) is 3.09. The fourth-order valence-electron chi connectivity index (χ4n) is 5.97. The van der Waals surface area contributed by atoms with E-state index >= 15 is 0 Å². The molecule has 0 unspecified atom stereocenters. The highest BCUT2D eigenvalue weighted by atomic mass is 16.2. The normalized spacial score (nSPS) is 13.0. The van der Waals surface area contributed by atoms with Crippen molar-refractivity contribution in [3.8, 4) is 0 Å². The van der Waals surface area contributed by atoms with Crippen molar-refractivity contribution in [3.63, 3.8) is 0 Å².